The first-order valence-electron chi connectivity index (χ1n) is 10.7. The van der Waals surface area contributed by atoms with Crippen molar-refractivity contribution in [2.75, 3.05) is 62.9 Å². The smallest absolute Gasteiger partial charge is 0.135 e. The number of aryl methyl sites for hydroxylation is 2. The Morgan fingerprint density at radius 3 is 2.55 bits per heavy atom. The Bertz CT molecular complexity index is 847. The standard InChI is InChI=1S/C23H32N4O2/c1-17-4-5-18(2)21(16-17)26-9-11-27(12-10-26)23-19-6-14-29-15-7-20(19)24-22(25-23)8-13-28-3/h4-5,16H,6-15H2,1-3H3. The molecule has 0 radical (unpaired) electrons. The lowest BCUT2D eigenvalue weighted by Gasteiger charge is -2.38. The molecule has 6 nitrogen and oxygen atoms in total. The van der Waals surface area contributed by atoms with Crippen LogP contribution in [-0.4, -0.2) is 63.1 Å². The number of fused-ring (bicyclic) bond motifs is 1. The number of piperazine rings is 1. The third-order valence-corrected chi connectivity index (χ3v) is 5.91. The highest BCUT2D eigenvalue weighted by molar-refractivity contribution is 5.57. The lowest BCUT2D eigenvalue weighted by molar-refractivity contribution is 0.146. The minimum absolute atomic E-state index is 0.648. The molecule has 2 aliphatic heterocycles. The Balaban J connectivity index is 1.56. The molecule has 0 atom stereocenters. The van der Waals surface area contributed by atoms with Gasteiger partial charge in [-0.15, -0.1) is 0 Å². The van der Waals surface area contributed by atoms with Gasteiger partial charge in [-0.05, 0) is 31.0 Å². The Kier molecular flexibility index (Phi) is 6.31. The number of rotatable bonds is 5. The second kappa shape index (κ2) is 9.09. The third-order valence-electron chi connectivity index (χ3n) is 5.91. The van der Waals surface area contributed by atoms with Gasteiger partial charge in [0, 0.05) is 63.8 Å². The fourth-order valence-corrected chi connectivity index (χ4v) is 4.26. The molecule has 1 fully saturated rings. The second-order valence-corrected chi connectivity index (χ2v) is 8.01. The fourth-order valence-electron chi connectivity index (χ4n) is 4.26. The van der Waals surface area contributed by atoms with E-state index in [0.717, 1.165) is 76.0 Å². The number of hydrogen-bond donors (Lipinski definition) is 0. The maximum Gasteiger partial charge on any atom is 0.135 e. The molecule has 0 aliphatic carbocycles. The maximum absolute atomic E-state index is 5.72. The van der Waals surface area contributed by atoms with E-state index in [4.69, 9.17) is 19.4 Å². The van der Waals surface area contributed by atoms with E-state index in [-0.39, 0.29) is 0 Å². The van der Waals surface area contributed by atoms with Gasteiger partial charge in [0.15, 0.2) is 0 Å². The molecule has 6 heteroatoms. The van der Waals surface area contributed by atoms with Crippen LogP contribution in [0.15, 0.2) is 18.2 Å². The number of aromatic nitrogens is 2. The van der Waals surface area contributed by atoms with E-state index in [1.54, 1.807) is 7.11 Å². The van der Waals surface area contributed by atoms with Crippen molar-refractivity contribution in [3.63, 3.8) is 0 Å². The molecule has 0 N–H and O–H groups in total. The first-order chi connectivity index (χ1) is 14.2. The number of methoxy groups -OCH3 is 1. The summed E-state index contributed by atoms with van der Waals surface area (Å²) < 4.78 is 11.0. The molecule has 0 saturated carbocycles. The number of hydrogen-bond acceptors (Lipinski definition) is 6. The summed E-state index contributed by atoms with van der Waals surface area (Å²) in [6.45, 7) is 10.5. The van der Waals surface area contributed by atoms with E-state index in [1.165, 1.54) is 22.4 Å². The summed E-state index contributed by atoms with van der Waals surface area (Å²) in [4.78, 5) is 14.8. The van der Waals surface area contributed by atoms with Gasteiger partial charge in [-0.25, -0.2) is 9.97 Å². The van der Waals surface area contributed by atoms with Crippen molar-refractivity contribution in [3.8, 4) is 0 Å². The summed E-state index contributed by atoms with van der Waals surface area (Å²) in [6, 6.07) is 6.72. The number of benzene rings is 1. The van der Waals surface area contributed by atoms with Gasteiger partial charge in [0.2, 0.25) is 0 Å². The highest BCUT2D eigenvalue weighted by atomic mass is 16.5. The minimum Gasteiger partial charge on any atom is -0.384 e. The van der Waals surface area contributed by atoms with E-state index in [2.05, 4.69) is 41.8 Å². The lowest BCUT2D eigenvalue weighted by Crippen LogP contribution is -2.47. The van der Waals surface area contributed by atoms with Crippen molar-refractivity contribution < 1.29 is 9.47 Å². The van der Waals surface area contributed by atoms with E-state index >= 15 is 0 Å². The van der Waals surface area contributed by atoms with Crippen LogP contribution in [0.5, 0.6) is 0 Å². The highest BCUT2D eigenvalue weighted by Crippen LogP contribution is 2.28. The van der Waals surface area contributed by atoms with Gasteiger partial charge < -0.3 is 19.3 Å². The number of anilines is 2. The number of nitrogens with zero attached hydrogens (tertiary/aromatic N) is 4. The van der Waals surface area contributed by atoms with Crippen LogP contribution in [0.1, 0.15) is 28.2 Å². The van der Waals surface area contributed by atoms with Gasteiger partial charge in [-0.1, -0.05) is 12.1 Å². The van der Waals surface area contributed by atoms with Crippen molar-refractivity contribution in [1.29, 1.82) is 0 Å². The molecule has 0 amide bonds. The summed E-state index contributed by atoms with van der Waals surface area (Å²) in [7, 11) is 1.73. The fraction of sp³-hybridized carbons (Fsp3) is 0.565. The van der Waals surface area contributed by atoms with Crippen molar-refractivity contribution in [2.24, 2.45) is 0 Å². The summed E-state index contributed by atoms with van der Waals surface area (Å²) in [5, 5.41) is 0. The predicted octanol–water partition coefficient (Wildman–Crippen LogP) is 2.72. The minimum atomic E-state index is 0.648. The molecule has 3 heterocycles. The van der Waals surface area contributed by atoms with Crippen LogP contribution in [0, 0.1) is 13.8 Å². The van der Waals surface area contributed by atoms with E-state index in [0.29, 0.717) is 6.61 Å². The van der Waals surface area contributed by atoms with Crippen molar-refractivity contribution in [1.82, 2.24) is 9.97 Å². The van der Waals surface area contributed by atoms with Gasteiger partial charge >= 0.3 is 0 Å². The van der Waals surface area contributed by atoms with Gasteiger partial charge in [-0.3, -0.25) is 0 Å². The van der Waals surface area contributed by atoms with Crippen LogP contribution in [0.4, 0.5) is 11.5 Å². The van der Waals surface area contributed by atoms with Crippen molar-refractivity contribution in [2.45, 2.75) is 33.1 Å². The second-order valence-electron chi connectivity index (χ2n) is 8.01. The van der Waals surface area contributed by atoms with Gasteiger partial charge in [-0.2, -0.15) is 0 Å². The Morgan fingerprint density at radius 1 is 1.00 bits per heavy atom. The molecule has 1 aromatic carbocycles. The van der Waals surface area contributed by atoms with Crippen molar-refractivity contribution in [3.05, 3.63) is 46.4 Å². The summed E-state index contributed by atoms with van der Waals surface area (Å²) in [5.74, 6) is 2.01. The normalized spacial score (nSPS) is 17.2. The molecule has 2 aromatic rings. The Labute approximate surface area is 173 Å². The van der Waals surface area contributed by atoms with E-state index in [9.17, 15) is 0 Å². The Hall–Kier alpha value is -2.18. The van der Waals surface area contributed by atoms with Gasteiger partial charge in [0.1, 0.15) is 11.6 Å². The maximum atomic E-state index is 5.72. The molecule has 29 heavy (non-hydrogen) atoms. The zero-order chi connectivity index (χ0) is 20.2. The van der Waals surface area contributed by atoms with Gasteiger partial charge in [0.05, 0.1) is 25.5 Å². The SMILES string of the molecule is COCCc1nc2c(c(N3CCN(c4cc(C)ccc4C)CC3)n1)CCOCC2. The zero-order valence-electron chi connectivity index (χ0n) is 17.9. The van der Waals surface area contributed by atoms with E-state index < -0.39 is 0 Å². The number of ether oxygens (including phenoxy) is 2. The molecule has 0 spiro atoms. The molecular formula is C23H32N4O2. The first kappa shape index (κ1) is 20.1. The molecule has 1 saturated heterocycles. The molecule has 0 bridgehead atoms. The lowest BCUT2D eigenvalue weighted by atomic mass is 10.1. The average Bonchev–Trinajstić information content (AvgIpc) is 2.99. The Morgan fingerprint density at radius 2 is 1.76 bits per heavy atom. The van der Waals surface area contributed by atoms with Crippen LogP contribution < -0.4 is 9.80 Å². The monoisotopic (exact) mass is 396 g/mol. The zero-order valence-corrected chi connectivity index (χ0v) is 17.9. The topological polar surface area (TPSA) is 50.7 Å². The molecule has 1 aromatic heterocycles. The van der Waals surface area contributed by atoms with Gasteiger partial charge in [0.25, 0.3) is 0 Å². The van der Waals surface area contributed by atoms with Crippen LogP contribution in [0.2, 0.25) is 0 Å². The molecular weight excluding hydrogens is 364 g/mol. The molecule has 2 aliphatic rings. The molecule has 156 valence electrons. The average molecular weight is 397 g/mol. The summed E-state index contributed by atoms with van der Waals surface area (Å²) in [5.41, 5.74) is 6.47. The third kappa shape index (κ3) is 4.54. The summed E-state index contributed by atoms with van der Waals surface area (Å²) >= 11 is 0. The van der Waals surface area contributed by atoms with E-state index in [1.807, 2.05) is 0 Å². The van der Waals surface area contributed by atoms with Crippen LogP contribution in [0.25, 0.3) is 0 Å². The quantitative estimate of drug-likeness (QED) is 0.775. The first-order valence-corrected chi connectivity index (χ1v) is 10.7. The van der Waals surface area contributed by atoms with Crippen LogP contribution in [-0.2, 0) is 28.7 Å². The largest absolute Gasteiger partial charge is 0.384 e. The van der Waals surface area contributed by atoms with Crippen LogP contribution in [0.3, 0.4) is 0 Å². The molecule has 0 unspecified atom stereocenters. The van der Waals surface area contributed by atoms with Crippen molar-refractivity contribution >= 4 is 11.5 Å². The highest BCUT2D eigenvalue weighted by Gasteiger charge is 2.25. The predicted molar refractivity (Wildman–Crippen MR) is 116 cm³/mol. The van der Waals surface area contributed by atoms with Crippen LogP contribution >= 0.6 is 0 Å². The summed E-state index contributed by atoms with van der Waals surface area (Å²) in [6.07, 6.45) is 2.51. The molecule has 4 rings (SSSR count).